The van der Waals surface area contributed by atoms with Crippen molar-refractivity contribution in [1.82, 2.24) is 0 Å². The molecular weight excluding hydrogens is 1200 g/mol. The van der Waals surface area contributed by atoms with Gasteiger partial charge in [0, 0.05) is 12.8 Å². The van der Waals surface area contributed by atoms with Crippen molar-refractivity contribution in [3.05, 3.63) is 207 Å². The van der Waals surface area contributed by atoms with E-state index in [1.54, 1.807) is 0 Å². The Hall–Kier alpha value is -6.13. The standard InChI is InChI=1S/C88H139NO8/c1-6-8-10-12-14-16-18-20-22-24-26-28-30-32-34-36-38-40-41-42-43-44-45-47-49-51-53-55-57-59-61-63-65-67-69-71-73-75-77-79-86(91)97-84(83-96-88(87(92)93)94-81-80-89(3,4)5)82-95-85(90)78-76-74-72-70-68-66-64-62-60-58-56-54-52-50-48-46-39-37-35-33-31-29-27-25-23-21-19-17-15-13-11-9-7-2/h8-11,14-17,20-23,26-29,32-35,38-40,42-43,45-47,50-53,56,58,84,88H,6-7,12-13,18-19,24-25,30-31,36-37,41,44,48-49,54-55,57,59-83H2,1-5H3/b10-8-,11-9-,16-14-,17-15-,22-20-,23-21-,28-26-,29-27-,34-32-,35-33-,40-38-,43-42-,46-39-,47-45-,52-50-,53-51-,58-56-. The SMILES string of the molecule is CC/C=C\C/C=C\C/C=C\C/C=C\C/C=C\C/C=C\C/C=C\C/C=C\C/C=C\CCCCCCCCCCCCCC(=O)OC(COC(=O)CCCCCCCCCC/C=C\C/C=C\C/C=C\C/C=C\C/C=C\C/C=C\C/C=C\C/C=C\CC)COC(OCC[N+](C)(C)C)C(=O)[O-]. The average molecular weight is 1340 g/mol. The second-order valence-electron chi connectivity index (χ2n) is 25.8. The van der Waals surface area contributed by atoms with Gasteiger partial charge in [-0.1, -0.05) is 317 Å². The van der Waals surface area contributed by atoms with Crippen LogP contribution in [0.5, 0.6) is 0 Å². The van der Waals surface area contributed by atoms with Crippen molar-refractivity contribution in [2.75, 3.05) is 47.5 Å². The molecule has 9 heteroatoms. The van der Waals surface area contributed by atoms with Crippen molar-refractivity contribution < 1.29 is 42.9 Å². The molecule has 0 spiro atoms. The van der Waals surface area contributed by atoms with Crippen molar-refractivity contribution in [3.8, 4) is 0 Å². The third kappa shape index (κ3) is 77.1. The van der Waals surface area contributed by atoms with E-state index in [1.807, 2.05) is 21.1 Å². The minimum atomic E-state index is -1.64. The lowest BCUT2D eigenvalue weighted by Crippen LogP contribution is -2.44. The van der Waals surface area contributed by atoms with Gasteiger partial charge in [-0.3, -0.25) is 9.59 Å². The van der Waals surface area contributed by atoms with Crippen molar-refractivity contribution in [2.45, 2.75) is 283 Å². The number of ether oxygens (including phenoxy) is 4. The second kappa shape index (κ2) is 75.6. The van der Waals surface area contributed by atoms with Crippen LogP contribution in [0.25, 0.3) is 0 Å². The Labute approximate surface area is 594 Å². The van der Waals surface area contributed by atoms with E-state index >= 15 is 0 Å². The summed E-state index contributed by atoms with van der Waals surface area (Å²) in [5, 5.41) is 11.9. The minimum absolute atomic E-state index is 0.135. The molecule has 0 saturated heterocycles. The summed E-state index contributed by atoms with van der Waals surface area (Å²) in [6.07, 6.45) is 115. The summed E-state index contributed by atoms with van der Waals surface area (Å²) >= 11 is 0. The fraction of sp³-hybridized carbons (Fsp3) is 0.580. The third-order valence-corrected chi connectivity index (χ3v) is 15.5. The molecule has 0 aromatic carbocycles. The van der Waals surface area contributed by atoms with Gasteiger partial charge in [-0.15, -0.1) is 0 Å². The van der Waals surface area contributed by atoms with Crippen LogP contribution in [0.15, 0.2) is 207 Å². The van der Waals surface area contributed by atoms with Gasteiger partial charge in [0.15, 0.2) is 12.4 Å². The molecule has 9 nitrogen and oxygen atoms in total. The number of allylic oxidation sites excluding steroid dienone is 34. The number of unbranched alkanes of at least 4 members (excludes halogenated alkanes) is 19. The Morgan fingerprint density at radius 2 is 0.557 bits per heavy atom. The van der Waals surface area contributed by atoms with E-state index in [0.29, 0.717) is 17.4 Å². The molecule has 2 unspecified atom stereocenters. The Kier molecular flexibility index (Phi) is 70.9. The first-order valence-corrected chi connectivity index (χ1v) is 38.2. The summed E-state index contributed by atoms with van der Waals surface area (Å²) in [6, 6.07) is 0. The molecule has 0 heterocycles. The van der Waals surface area contributed by atoms with E-state index in [9.17, 15) is 19.5 Å². The summed E-state index contributed by atoms with van der Waals surface area (Å²) in [7, 11) is 5.92. The first-order chi connectivity index (χ1) is 47.6. The van der Waals surface area contributed by atoms with E-state index in [0.717, 1.165) is 167 Å². The molecule has 0 aliphatic heterocycles. The molecule has 2 atom stereocenters. The molecule has 0 aliphatic carbocycles. The number of nitrogens with zero attached hydrogens (tertiary/aromatic N) is 1. The fourth-order valence-electron chi connectivity index (χ4n) is 9.78. The van der Waals surface area contributed by atoms with Crippen molar-refractivity contribution in [1.29, 1.82) is 0 Å². The van der Waals surface area contributed by atoms with Gasteiger partial charge in [0.05, 0.1) is 40.3 Å². The maximum absolute atomic E-state index is 13.0. The highest BCUT2D eigenvalue weighted by atomic mass is 16.7. The molecule has 97 heavy (non-hydrogen) atoms. The molecule has 0 radical (unpaired) electrons. The van der Waals surface area contributed by atoms with E-state index in [2.05, 4.69) is 220 Å². The predicted octanol–water partition coefficient (Wildman–Crippen LogP) is 23.4. The van der Waals surface area contributed by atoms with Gasteiger partial charge in [-0.2, -0.15) is 0 Å². The lowest BCUT2D eigenvalue weighted by molar-refractivity contribution is -0.870. The van der Waals surface area contributed by atoms with Crippen LogP contribution in [0.1, 0.15) is 271 Å². The smallest absolute Gasteiger partial charge is 0.306 e. The van der Waals surface area contributed by atoms with Crippen LogP contribution in [0.3, 0.4) is 0 Å². The number of hydrogen-bond donors (Lipinski definition) is 0. The number of carboxylic acids is 1. The Balaban J connectivity index is 4.18. The summed E-state index contributed by atoms with van der Waals surface area (Å²) in [5.74, 6) is -2.31. The summed E-state index contributed by atoms with van der Waals surface area (Å²) in [4.78, 5) is 37.6. The zero-order valence-corrected chi connectivity index (χ0v) is 62.1. The van der Waals surface area contributed by atoms with Crippen molar-refractivity contribution >= 4 is 17.9 Å². The van der Waals surface area contributed by atoms with Gasteiger partial charge in [-0.25, -0.2) is 0 Å². The van der Waals surface area contributed by atoms with Crippen molar-refractivity contribution in [2.24, 2.45) is 0 Å². The zero-order valence-electron chi connectivity index (χ0n) is 62.1. The summed E-state index contributed by atoms with van der Waals surface area (Å²) < 4.78 is 22.8. The van der Waals surface area contributed by atoms with E-state index in [1.165, 1.54) is 70.6 Å². The molecule has 544 valence electrons. The van der Waals surface area contributed by atoms with E-state index < -0.39 is 24.3 Å². The molecule has 0 aromatic heterocycles. The fourth-order valence-corrected chi connectivity index (χ4v) is 9.78. The average Bonchev–Trinajstić information content (AvgIpc) is 2.39. The first-order valence-electron chi connectivity index (χ1n) is 38.2. The summed E-state index contributed by atoms with van der Waals surface area (Å²) in [6.45, 7) is 4.49. The number of rotatable bonds is 68. The van der Waals surface area contributed by atoms with Crippen LogP contribution in [-0.2, 0) is 33.3 Å². The lowest BCUT2D eigenvalue weighted by atomic mass is 10.0. The van der Waals surface area contributed by atoms with Crippen LogP contribution in [0.4, 0.5) is 0 Å². The molecular formula is C88H139NO8. The Morgan fingerprint density at radius 1 is 0.309 bits per heavy atom. The van der Waals surface area contributed by atoms with Gasteiger partial charge in [0.2, 0.25) is 0 Å². The van der Waals surface area contributed by atoms with Crippen molar-refractivity contribution in [3.63, 3.8) is 0 Å². The number of likely N-dealkylation sites (N-methyl/N-ethyl adjacent to an activating group) is 1. The first kappa shape index (κ1) is 90.9. The maximum atomic E-state index is 13.0. The van der Waals surface area contributed by atoms with Gasteiger partial charge in [0.25, 0.3) is 0 Å². The number of carboxylic acid groups (broad SMARTS) is 1. The normalized spacial score (nSPS) is 13.9. The predicted molar refractivity (Wildman–Crippen MR) is 416 cm³/mol. The number of aliphatic carboxylic acids is 1. The van der Waals surface area contributed by atoms with Gasteiger partial charge in [0.1, 0.15) is 13.2 Å². The highest BCUT2D eigenvalue weighted by Crippen LogP contribution is 2.16. The second-order valence-corrected chi connectivity index (χ2v) is 25.8. The van der Waals surface area contributed by atoms with Crippen LogP contribution >= 0.6 is 0 Å². The summed E-state index contributed by atoms with van der Waals surface area (Å²) in [5.41, 5.74) is 0. The number of carbonyl (C=O) groups is 3. The molecule has 0 fully saturated rings. The zero-order chi connectivity index (χ0) is 70.4. The molecule has 0 rings (SSSR count). The van der Waals surface area contributed by atoms with E-state index in [4.69, 9.17) is 18.9 Å². The van der Waals surface area contributed by atoms with Gasteiger partial charge < -0.3 is 33.3 Å². The Bertz CT molecular complexity index is 2350. The minimum Gasteiger partial charge on any atom is -0.545 e. The topological polar surface area (TPSA) is 111 Å². The molecule has 0 aromatic rings. The lowest BCUT2D eigenvalue weighted by Gasteiger charge is -2.26. The van der Waals surface area contributed by atoms with Gasteiger partial charge in [-0.05, 0) is 148 Å². The number of esters is 2. The maximum Gasteiger partial charge on any atom is 0.306 e. The molecule has 0 aliphatic rings. The number of carbonyl (C=O) groups excluding carboxylic acids is 3. The number of hydrogen-bond acceptors (Lipinski definition) is 8. The molecule has 0 bridgehead atoms. The Morgan fingerprint density at radius 3 is 0.825 bits per heavy atom. The van der Waals surface area contributed by atoms with Crippen LogP contribution in [0.2, 0.25) is 0 Å². The van der Waals surface area contributed by atoms with Crippen LogP contribution < -0.4 is 5.11 Å². The number of quaternary nitrogens is 1. The largest absolute Gasteiger partial charge is 0.545 e. The molecule has 0 N–H and O–H groups in total. The van der Waals surface area contributed by atoms with Gasteiger partial charge >= 0.3 is 11.9 Å². The van der Waals surface area contributed by atoms with Crippen LogP contribution in [-0.4, -0.2) is 82.3 Å². The highest BCUT2D eigenvalue weighted by Gasteiger charge is 2.22. The quantitative estimate of drug-likeness (QED) is 0.0195. The van der Waals surface area contributed by atoms with E-state index in [-0.39, 0.29) is 38.6 Å². The highest BCUT2D eigenvalue weighted by molar-refractivity contribution is 5.70. The molecule has 0 saturated carbocycles. The molecule has 0 amide bonds. The monoisotopic (exact) mass is 1340 g/mol. The third-order valence-electron chi connectivity index (χ3n) is 15.5. The van der Waals surface area contributed by atoms with Crippen LogP contribution in [0, 0.1) is 0 Å².